The van der Waals surface area contributed by atoms with E-state index >= 15 is 0 Å². The molecule has 0 aliphatic heterocycles. The second kappa shape index (κ2) is 6.98. The van der Waals surface area contributed by atoms with Gasteiger partial charge in [-0.1, -0.05) is 37.8 Å². The first-order valence-electron chi connectivity index (χ1n) is 7.47. The van der Waals surface area contributed by atoms with Gasteiger partial charge in [0.2, 0.25) is 0 Å². The zero-order valence-electron chi connectivity index (χ0n) is 12.0. The van der Waals surface area contributed by atoms with Crippen LogP contribution in [0.3, 0.4) is 0 Å². The molecular weight excluding hydrogens is 272 g/mol. The molecule has 20 heavy (non-hydrogen) atoms. The van der Waals surface area contributed by atoms with Gasteiger partial charge in [-0.05, 0) is 43.4 Å². The number of benzene rings is 1. The molecule has 0 saturated heterocycles. The summed E-state index contributed by atoms with van der Waals surface area (Å²) in [5.41, 5.74) is 6.82. The lowest BCUT2D eigenvalue weighted by Gasteiger charge is -2.30. The predicted molar refractivity (Wildman–Crippen MR) is 84.0 cm³/mol. The van der Waals surface area contributed by atoms with E-state index in [1.807, 2.05) is 0 Å². The fourth-order valence-corrected chi connectivity index (χ4v) is 3.23. The fourth-order valence-electron chi connectivity index (χ4n) is 3.06. The molecule has 1 aromatic rings. The average molecular weight is 295 g/mol. The lowest BCUT2D eigenvalue weighted by atomic mass is 9.83. The Hall–Kier alpha value is -1.22. The van der Waals surface area contributed by atoms with Gasteiger partial charge in [-0.25, -0.2) is 0 Å². The quantitative estimate of drug-likeness (QED) is 0.824. The SMILES string of the molecule is CCC(NC(=O)c1cc(Cl)ccc1N)C1CCCCC1. The Balaban J connectivity index is 2.06. The molecule has 4 heteroatoms. The second-order valence-electron chi connectivity index (χ2n) is 5.62. The molecule has 0 heterocycles. The molecule has 3 N–H and O–H groups in total. The van der Waals surface area contributed by atoms with Crippen LogP contribution in [0.2, 0.25) is 5.02 Å². The summed E-state index contributed by atoms with van der Waals surface area (Å²) in [5, 5.41) is 3.68. The molecule has 1 atom stereocenters. The maximum Gasteiger partial charge on any atom is 0.253 e. The number of hydrogen-bond donors (Lipinski definition) is 2. The van der Waals surface area contributed by atoms with Crippen molar-refractivity contribution < 1.29 is 4.79 Å². The fraction of sp³-hybridized carbons (Fsp3) is 0.562. The molecule has 1 aromatic carbocycles. The molecule has 2 rings (SSSR count). The highest BCUT2D eigenvalue weighted by molar-refractivity contribution is 6.31. The Morgan fingerprint density at radius 1 is 1.40 bits per heavy atom. The van der Waals surface area contributed by atoms with Crippen molar-refractivity contribution in [1.29, 1.82) is 0 Å². The van der Waals surface area contributed by atoms with Crippen LogP contribution in [0.25, 0.3) is 0 Å². The van der Waals surface area contributed by atoms with E-state index in [1.165, 1.54) is 32.1 Å². The third-order valence-electron chi connectivity index (χ3n) is 4.24. The number of hydrogen-bond acceptors (Lipinski definition) is 2. The highest BCUT2D eigenvalue weighted by Crippen LogP contribution is 2.28. The minimum atomic E-state index is -0.109. The Kier molecular flexibility index (Phi) is 5.30. The monoisotopic (exact) mass is 294 g/mol. The first kappa shape index (κ1) is 15.2. The number of anilines is 1. The third kappa shape index (κ3) is 3.66. The number of nitrogens with one attached hydrogen (secondary N) is 1. The van der Waals surface area contributed by atoms with E-state index in [9.17, 15) is 4.79 Å². The van der Waals surface area contributed by atoms with Gasteiger partial charge in [0.1, 0.15) is 0 Å². The molecule has 1 amide bonds. The first-order chi connectivity index (χ1) is 9.61. The Morgan fingerprint density at radius 3 is 2.75 bits per heavy atom. The molecule has 0 radical (unpaired) electrons. The van der Waals surface area contributed by atoms with Crippen molar-refractivity contribution in [2.24, 2.45) is 5.92 Å². The predicted octanol–water partition coefficient (Wildman–Crippen LogP) is 4.01. The average Bonchev–Trinajstić information content (AvgIpc) is 2.48. The van der Waals surface area contributed by atoms with Crippen molar-refractivity contribution >= 4 is 23.2 Å². The highest BCUT2D eigenvalue weighted by atomic mass is 35.5. The summed E-state index contributed by atoms with van der Waals surface area (Å²) >= 11 is 5.94. The first-order valence-corrected chi connectivity index (χ1v) is 7.85. The van der Waals surface area contributed by atoms with Gasteiger partial charge in [-0.2, -0.15) is 0 Å². The molecule has 110 valence electrons. The van der Waals surface area contributed by atoms with Crippen LogP contribution >= 0.6 is 11.6 Å². The Morgan fingerprint density at radius 2 is 2.10 bits per heavy atom. The van der Waals surface area contributed by atoms with Gasteiger partial charge < -0.3 is 11.1 Å². The number of rotatable bonds is 4. The largest absolute Gasteiger partial charge is 0.398 e. The van der Waals surface area contributed by atoms with Gasteiger partial charge in [0.25, 0.3) is 5.91 Å². The summed E-state index contributed by atoms with van der Waals surface area (Å²) in [6, 6.07) is 5.26. The molecular formula is C16H23ClN2O. The van der Waals surface area contributed by atoms with E-state index in [-0.39, 0.29) is 11.9 Å². The van der Waals surface area contributed by atoms with Crippen LogP contribution in [0.15, 0.2) is 18.2 Å². The second-order valence-corrected chi connectivity index (χ2v) is 6.05. The molecule has 0 bridgehead atoms. The highest BCUT2D eigenvalue weighted by Gasteiger charge is 2.24. The standard InChI is InChI=1S/C16H23ClN2O/c1-2-15(11-6-4-3-5-7-11)19-16(20)13-10-12(17)8-9-14(13)18/h8-11,15H,2-7,18H2,1H3,(H,19,20). The summed E-state index contributed by atoms with van der Waals surface area (Å²) in [7, 11) is 0. The number of nitrogens with two attached hydrogens (primary N) is 1. The summed E-state index contributed by atoms with van der Waals surface area (Å²) in [4.78, 5) is 12.4. The minimum absolute atomic E-state index is 0.109. The van der Waals surface area contributed by atoms with E-state index in [0.717, 1.165) is 6.42 Å². The topological polar surface area (TPSA) is 55.1 Å². The molecule has 1 aliphatic carbocycles. The molecule has 0 aromatic heterocycles. The third-order valence-corrected chi connectivity index (χ3v) is 4.47. The molecule has 1 aliphatic rings. The van der Waals surface area contributed by atoms with Crippen LogP contribution in [0.5, 0.6) is 0 Å². The van der Waals surface area contributed by atoms with Crippen LogP contribution in [-0.2, 0) is 0 Å². The van der Waals surface area contributed by atoms with Crippen molar-refractivity contribution in [3.8, 4) is 0 Å². The van der Waals surface area contributed by atoms with E-state index in [4.69, 9.17) is 17.3 Å². The van der Waals surface area contributed by atoms with Crippen LogP contribution in [0.1, 0.15) is 55.8 Å². The summed E-state index contributed by atoms with van der Waals surface area (Å²) in [6.45, 7) is 2.13. The molecule has 1 saturated carbocycles. The normalized spacial score (nSPS) is 17.7. The number of halogens is 1. The van der Waals surface area contributed by atoms with Gasteiger partial charge in [0.15, 0.2) is 0 Å². The van der Waals surface area contributed by atoms with E-state index in [2.05, 4.69) is 12.2 Å². The molecule has 3 nitrogen and oxygen atoms in total. The number of carbonyl (C=O) groups excluding carboxylic acids is 1. The van der Waals surface area contributed by atoms with Crippen molar-refractivity contribution in [1.82, 2.24) is 5.32 Å². The van der Waals surface area contributed by atoms with Gasteiger partial charge in [0, 0.05) is 16.8 Å². The lowest BCUT2D eigenvalue weighted by Crippen LogP contribution is -2.40. The lowest BCUT2D eigenvalue weighted by molar-refractivity contribution is 0.0912. The maximum absolute atomic E-state index is 12.4. The van der Waals surface area contributed by atoms with Crippen molar-refractivity contribution in [2.45, 2.75) is 51.5 Å². The van der Waals surface area contributed by atoms with Gasteiger partial charge in [-0.3, -0.25) is 4.79 Å². The van der Waals surface area contributed by atoms with Crippen LogP contribution in [0.4, 0.5) is 5.69 Å². The summed E-state index contributed by atoms with van der Waals surface area (Å²) in [6.07, 6.45) is 7.25. The summed E-state index contributed by atoms with van der Waals surface area (Å²) < 4.78 is 0. The van der Waals surface area contributed by atoms with Crippen molar-refractivity contribution in [3.05, 3.63) is 28.8 Å². The van der Waals surface area contributed by atoms with Crippen molar-refractivity contribution in [2.75, 3.05) is 5.73 Å². The molecule has 1 fully saturated rings. The van der Waals surface area contributed by atoms with Gasteiger partial charge in [-0.15, -0.1) is 0 Å². The minimum Gasteiger partial charge on any atom is -0.398 e. The smallest absolute Gasteiger partial charge is 0.253 e. The Bertz CT molecular complexity index is 470. The van der Waals surface area contributed by atoms with Crippen LogP contribution in [-0.4, -0.2) is 11.9 Å². The Labute approximate surface area is 125 Å². The number of carbonyl (C=O) groups is 1. The van der Waals surface area contributed by atoms with Crippen LogP contribution in [0, 0.1) is 5.92 Å². The maximum atomic E-state index is 12.4. The zero-order chi connectivity index (χ0) is 14.5. The van der Waals surface area contributed by atoms with Crippen LogP contribution < -0.4 is 11.1 Å². The van der Waals surface area contributed by atoms with Crippen molar-refractivity contribution in [3.63, 3.8) is 0 Å². The van der Waals surface area contributed by atoms with E-state index in [0.29, 0.717) is 22.2 Å². The van der Waals surface area contributed by atoms with Gasteiger partial charge in [0.05, 0.1) is 5.56 Å². The number of amides is 1. The van der Waals surface area contributed by atoms with Gasteiger partial charge >= 0.3 is 0 Å². The number of nitrogen functional groups attached to an aromatic ring is 1. The van der Waals surface area contributed by atoms with E-state index < -0.39 is 0 Å². The molecule has 1 unspecified atom stereocenters. The summed E-state index contributed by atoms with van der Waals surface area (Å²) in [5.74, 6) is 0.487. The molecule has 0 spiro atoms. The zero-order valence-corrected chi connectivity index (χ0v) is 12.7. The van der Waals surface area contributed by atoms with E-state index in [1.54, 1.807) is 18.2 Å².